The van der Waals surface area contributed by atoms with Crippen molar-refractivity contribution in [2.45, 2.75) is 13.5 Å². The number of benzene rings is 1. The van der Waals surface area contributed by atoms with Gasteiger partial charge in [0, 0.05) is 31.2 Å². The molecular formula is C13H19ClN2O2. The fourth-order valence-corrected chi connectivity index (χ4v) is 1.55. The van der Waals surface area contributed by atoms with E-state index in [2.05, 4.69) is 5.32 Å². The first-order valence-electron chi connectivity index (χ1n) is 5.86. The van der Waals surface area contributed by atoms with Crippen molar-refractivity contribution in [3.63, 3.8) is 0 Å². The number of likely N-dealkylation sites (N-methyl/N-ethyl adjacent to an activating group) is 1. The number of ether oxygens (including phenoxy) is 1. The maximum Gasteiger partial charge on any atom is 0.259 e. The number of hydrogen-bond acceptors (Lipinski definition) is 3. The Bertz CT molecular complexity index is 408. The zero-order valence-corrected chi connectivity index (χ0v) is 11.8. The van der Waals surface area contributed by atoms with Gasteiger partial charge in [-0.1, -0.05) is 18.5 Å². The van der Waals surface area contributed by atoms with E-state index in [1.807, 2.05) is 13.0 Å². The molecule has 0 saturated carbocycles. The molecule has 0 bridgehead atoms. The van der Waals surface area contributed by atoms with Crippen LogP contribution in [0.1, 0.15) is 12.5 Å². The van der Waals surface area contributed by atoms with Crippen LogP contribution in [0.2, 0.25) is 5.02 Å². The Labute approximate surface area is 113 Å². The molecule has 0 spiro atoms. The van der Waals surface area contributed by atoms with Crippen molar-refractivity contribution in [1.29, 1.82) is 0 Å². The van der Waals surface area contributed by atoms with Crippen LogP contribution in [0.4, 0.5) is 0 Å². The average molecular weight is 271 g/mol. The molecule has 100 valence electrons. The summed E-state index contributed by atoms with van der Waals surface area (Å²) in [4.78, 5) is 13.0. The van der Waals surface area contributed by atoms with Crippen molar-refractivity contribution >= 4 is 17.5 Å². The third-order valence-corrected chi connectivity index (χ3v) is 2.67. The Hall–Kier alpha value is -1.26. The summed E-state index contributed by atoms with van der Waals surface area (Å²) >= 11 is 5.95. The normalized spacial score (nSPS) is 10.2. The molecule has 0 fully saturated rings. The number of carbonyl (C=O) groups is 1. The molecule has 18 heavy (non-hydrogen) atoms. The zero-order chi connectivity index (χ0) is 13.5. The molecule has 0 saturated heterocycles. The predicted molar refractivity (Wildman–Crippen MR) is 73.0 cm³/mol. The Kier molecular flexibility index (Phi) is 5.95. The first-order valence-corrected chi connectivity index (χ1v) is 6.24. The number of halogens is 1. The van der Waals surface area contributed by atoms with Crippen LogP contribution in [-0.4, -0.2) is 38.1 Å². The van der Waals surface area contributed by atoms with Gasteiger partial charge in [-0.15, -0.1) is 0 Å². The fraction of sp³-hybridized carbons (Fsp3) is 0.462. The maximum absolute atomic E-state index is 11.5. The van der Waals surface area contributed by atoms with Crippen LogP contribution in [0.25, 0.3) is 0 Å². The zero-order valence-electron chi connectivity index (χ0n) is 11.0. The van der Waals surface area contributed by atoms with Crippen molar-refractivity contribution in [2.75, 3.05) is 27.2 Å². The summed E-state index contributed by atoms with van der Waals surface area (Å²) in [7, 11) is 3.40. The Morgan fingerprint density at radius 1 is 1.44 bits per heavy atom. The monoisotopic (exact) mass is 270 g/mol. The van der Waals surface area contributed by atoms with E-state index in [1.165, 1.54) is 4.90 Å². The maximum atomic E-state index is 11.5. The molecule has 5 heteroatoms. The van der Waals surface area contributed by atoms with Gasteiger partial charge in [-0.25, -0.2) is 0 Å². The summed E-state index contributed by atoms with van der Waals surface area (Å²) in [5.74, 6) is 0.620. The predicted octanol–water partition coefficient (Wildman–Crippen LogP) is 1.92. The largest absolute Gasteiger partial charge is 0.483 e. The van der Waals surface area contributed by atoms with Gasteiger partial charge in [0.25, 0.3) is 5.91 Å². The Morgan fingerprint density at radius 3 is 2.78 bits per heavy atom. The van der Waals surface area contributed by atoms with E-state index in [4.69, 9.17) is 16.3 Å². The molecule has 0 aliphatic rings. The minimum absolute atomic E-state index is 0.0355. The van der Waals surface area contributed by atoms with Crippen molar-refractivity contribution < 1.29 is 9.53 Å². The van der Waals surface area contributed by atoms with Gasteiger partial charge in [0.2, 0.25) is 0 Å². The highest BCUT2D eigenvalue weighted by atomic mass is 35.5. The SMILES string of the molecule is CCNCc1cc(Cl)ccc1OCC(=O)N(C)C. The summed E-state index contributed by atoms with van der Waals surface area (Å²) in [6.07, 6.45) is 0. The Morgan fingerprint density at radius 2 is 2.17 bits per heavy atom. The lowest BCUT2D eigenvalue weighted by molar-refractivity contribution is -0.130. The molecule has 1 rings (SSSR count). The van der Waals surface area contributed by atoms with E-state index < -0.39 is 0 Å². The van der Waals surface area contributed by atoms with Crippen LogP contribution < -0.4 is 10.1 Å². The lowest BCUT2D eigenvalue weighted by atomic mass is 10.2. The highest BCUT2D eigenvalue weighted by Crippen LogP contribution is 2.22. The first kappa shape index (κ1) is 14.8. The number of hydrogen-bond donors (Lipinski definition) is 1. The van der Waals surface area contributed by atoms with Gasteiger partial charge in [-0.3, -0.25) is 4.79 Å². The van der Waals surface area contributed by atoms with Crippen LogP contribution in [0, 0.1) is 0 Å². The first-order chi connectivity index (χ1) is 8.54. The molecule has 4 nitrogen and oxygen atoms in total. The van der Waals surface area contributed by atoms with Gasteiger partial charge in [0.05, 0.1) is 0 Å². The van der Waals surface area contributed by atoms with E-state index in [1.54, 1.807) is 26.2 Å². The fourth-order valence-electron chi connectivity index (χ4n) is 1.36. The number of carbonyl (C=O) groups excluding carboxylic acids is 1. The second kappa shape index (κ2) is 7.24. The second-order valence-electron chi connectivity index (χ2n) is 4.11. The van der Waals surface area contributed by atoms with E-state index >= 15 is 0 Å². The lowest BCUT2D eigenvalue weighted by Gasteiger charge is -2.14. The van der Waals surface area contributed by atoms with Crippen LogP contribution in [0.15, 0.2) is 18.2 Å². The average Bonchev–Trinajstić information content (AvgIpc) is 2.34. The van der Waals surface area contributed by atoms with Crippen molar-refractivity contribution in [3.8, 4) is 5.75 Å². The minimum Gasteiger partial charge on any atom is -0.483 e. The molecule has 0 aliphatic heterocycles. The molecule has 0 aromatic heterocycles. The molecule has 0 radical (unpaired) electrons. The van der Waals surface area contributed by atoms with Crippen molar-refractivity contribution in [1.82, 2.24) is 10.2 Å². The van der Waals surface area contributed by atoms with E-state index in [9.17, 15) is 4.79 Å². The summed E-state index contributed by atoms with van der Waals surface area (Å²) in [6.45, 7) is 3.60. The number of rotatable bonds is 6. The second-order valence-corrected chi connectivity index (χ2v) is 4.55. The van der Waals surface area contributed by atoms with Gasteiger partial charge in [0.1, 0.15) is 5.75 Å². The molecule has 0 aliphatic carbocycles. The van der Waals surface area contributed by atoms with Crippen LogP contribution in [-0.2, 0) is 11.3 Å². The smallest absolute Gasteiger partial charge is 0.259 e. The number of nitrogens with zero attached hydrogens (tertiary/aromatic N) is 1. The lowest BCUT2D eigenvalue weighted by Crippen LogP contribution is -2.27. The molecule has 1 aromatic carbocycles. The molecule has 0 atom stereocenters. The standard InChI is InChI=1S/C13H19ClN2O2/c1-4-15-8-10-7-11(14)5-6-12(10)18-9-13(17)16(2)3/h5-7,15H,4,8-9H2,1-3H3. The van der Waals surface area contributed by atoms with Crippen LogP contribution in [0.5, 0.6) is 5.75 Å². The van der Waals surface area contributed by atoms with Crippen molar-refractivity contribution in [3.05, 3.63) is 28.8 Å². The van der Waals surface area contributed by atoms with E-state index in [-0.39, 0.29) is 12.5 Å². The third-order valence-electron chi connectivity index (χ3n) is 2.44. The van der Waals surface area contributed by atoms with Gasteiger partial charge in [0.15, 0.2) is 6.61 Å². The Balaban J connectivity index is 2.71. The highest BCUT2D eigenvalue weighted by molar-refractivity contribution is 6.30. The summed E-state index contributed by atoms with van der Waals surface area (Å²) in [5, 5.41) is 3.87. The van der Waals surface area contributed by atoms with E-state index in [0.29, 0.717) is 17.3 Å². The van der Waals surface area contributed by atoms with Gasteiger partial charge >= 0.3 is 0 Å². The van der Waals surface area contributed by atoms with Crippen LogP contribution in [0.3, 0.4) is 0 Å². The summed E-state index contributed by atoms with van der Waals surface area (Å²) < 4.78 is 5.52. The van der Waals surface area contributed by atoms with Gasteiger partial charge < -0.3 is 15.0 Å². The van der Waals surface area contributed by atoms with Gasteiger partial charge in [-0.2, -0.15) is 0 Å². The van der Waals surface area contributed by atoms with Gasteiger partial charge in [-0.05, 0) is 24.7 Å². The van der Waals surface area contributed by atoms with E-state index in [0.717, 1.165) is 12.1 Å². The molecule has 0 unspecified atom stereocenters. The third kappa shape index (κ3) is 4.55. The van der Waals surface area contributed by atoms with Crippen LogP contribution >= 0.6 is 11.6 Å². The highest BCUT2D eigenvalue weighted by Gasteiger charge is 2.08. The number of amides is 1. The topological polar surface area (TPSA) is 41.6 Å². The molecule has 1 N–H and O–H groups in total. The molecular weight excluding hydrogens is 252 g/mol. The summed E-state index contributed by atoms with van der Waals surface area (Å²) in [5.41, 5.74) is 0.955. The molecule has 1 amide bonds. The minimum atomic E-state index is -0.0700. The molecule has 0 heterocycles. The molecule has 1 aromatic rings. The quantitative estimate of drug-likeness (QED) is 0.859. The summed E-state index contributed by atoms with van der Waals surface area (Å²) in [6, 6.07) is 5.39. The number of nitrogens with one attached hydrogen (secondary N) is 1. The van der Waals surface area contributed by atoms with Crippen molar-refractivity contribution in [2.24, 2.45) is 0 Å².